The van der Waals surface area contributed by atoms with Gasteiger partial charge in [-0.25, -0.2) is 8.42 Å². The van der Waals surface area contributed by atoms with Crippen LogP contribution in [-0.2, 0) is 32.6 Å². The van der Waals surface area contributed by atoms with Crippen molar-refractivity contribution in [3.63, 3.8) is 0 Å². The highest BCUT2D eigenvalue weighted by atomic mass is 35.5. The van der Waals surface area contributed by atoms with Gasteiger partial charge in [0.2, 0.25) is 11.8 Å². The van der Waals surface area contributed by atoms with Gasteiger partial charge in [-0.05, 0) is 67.8 Å². The molecule has 230 valence electrons. The first-order valence-electron chi connectivity index (χ1n) is 14.2. The van der Waals surface area contributed by atoms with E-state index < -0.39 is 28.5 Å². The van der Waals surface area contributed by atoms with E-state index in [0.29, 0.717) is 33.4 Å². The van der Waals surface area contributed by atoms with E-state index in [4.69, 9.17) is 23.2 Å². The molecule has 0 saturated heterocycles. The van der Waals surface area contributed by atoms with E-state index >= 15 is 0 Å². The first-order chi connectivity index (χ1) is 21.0. The Morgan fingerprint density at radius 2 is 1.52 bits per heavy atom. The number of anilines is 1. The molecule has 0 bridgehead atoms. The Kier molecular flexibility index (Phi) is 11.1. The summed E-state index contributed by atoms with van der Waals surface area (Å²) in [5.41, 5.74) is 3.42. The molecule has 0 aliphatic heterocycles. The zero-order valence-corrected chi connectivity index (χ0v) is 27.2. The van der Waals surface area contributed by atoms with Gasteiger partial charge in [0.25, 0.3) is 10.0 Å². The fourth-order valence-corrected chi connectivity index (χ4v) is 6.97. The van der Waals surface area contributed by atoms with Crippen molar-refractivity contribution < 1.29 is 18.0 Å². The van der Waals surface area contributed by atoms with Gasteiger partial charge in [-0.2, -0.15) is 0 Å². The molecule has 44 heavy (non-hydrogen) atoms. The van der Waals surface area contributed by atoms with Crippen LogP contribution in [0.2, 0.25) is 10.0 Å². The van der Waals surface area contributed by atoms with Crippen LogP contribution < -0.4 is 9.62 Å². The SMILES string of the molecule is CCNC(=O)[C@H](Cc1ccccc1)N(Cc1ccc(Cl)cc1Cl)C(=O)CN(c1ccc(C)cc1C)S(=O)(=O)c1ccccc1. The van der Waals surface area contributed by atoms with Crippen LogP contribution in [0.25, 0.3) is 0 Å². The largest absolute Gasteiger partial charge is 0.355 e. The van der Waals surface area contributed by atoms with Crippen molar-refractivity contribution in [2.24, 2.45) is 0 Å². The van der Waals surface area contributed by atoms with Gasteiger partial charge in [0.15, 0.2) is 0 Å². The summed E-state index contributed by atoms with van der Waals surface area (Å²) >= 11 is 12.7. The van der Waals surface area contributed by atoms with Gasteiger partial charge < -0.3 is 10.2 Å². The molecule has 0 heterocycles. The van der Waals surface area contributed by atoms with E-state index in [1.807, 2.05) is 43.3 Å². The van der Waals surface area contributed by atoms with E-state index in [9.17, 15) is 18.0 Å². The molecule has 0 fully saturated rings. The highest BCUT2D eigenvalue weighted by Crippen LogP contribution is 2.29. The highest BCUT2D eigenvalue weighted by molar-refractivity contribution is 7.92. The van der Waals surface area contributed by atoms with Gasteiger partial charge in [0, 0.05) is 29.6 Å². The number of amides is 2. The van der Waals surface area contributed by atoms with Crippen LogP contribution in [0.3, 0.4) is 0 Å². The van der Waals surface area contributed by atoms with Crippen molar-refractivity contribution in [2.75, 3.05) is 17.4 Å². The molecular formula is C34H35Cl2N3O4S. The summed E-state index contributed by atoms with van der Waals surface area (Å²) in [7, 11) is -4.18. The molecule has 0 saturated carbocycles. The molecule has 0 aromatic heterocycles. The molecule has 10 heteroatoms. The molecule has 0 radical (unpaired) electrons. The third kappa shape index (κ3) is 8.00. The molecule has 1 atom stereocenters. The van der Waals surface area contributed by atoms with Crippen molar-refractivity contribution in [2.45, 2.75) is 44.7 Å². The van der Waals surface area contributed by atoms with E-state index in [1.54, 1.807) is 62.4 Å². The predicted octanol–water partition coefficient (Wildman–Crippen LogP) is 6.58. The summed E-state index contributed by atoms with van der Waals surface area (Å²) in [4.78, 5) is 29.5. The topological polar surface area (TPSA) is 86.8 Å². The highest BCUT2D eigenvalue weighted by Gasteiger charge is 2.35. The van der Waals surface area contributed by atoms with Crippen LogP contribution >= 0.6 is 23.2 Å². The number of nitrogens with zero attached hydrogens (tertiary/aromatic N) is 2. The fourth-order valence-electron chi connectivity index (χ4n) is 5.00. The average molecular weight is 653 g/mol. The Balaban J connectivity index is 1.83. The monoisotopic (exact) mass is 651 g/mol. The van der Waals surface area contributed by atoms with Crippen molar-refractivity contribution in [1.29, 1.82) is 0 Å². The minimum absolute atomic E-state index is 0.0460. The second kappa shape index (κ2) is 14.8. The predicted molar refractivity (Wildman–Crippen MR) is 177 cm³/mol. The van der Waals surface area contributed by atoms with Crippen LogP contribution in [0.15, 0.2) is 102 Å². The summed E-state index contributed by atoms with van der Waals surface area (Å²) in [6, 6.07) is 26.7. The van der Waals surface area contributed by atoms with Gasteiger partial charge in [-0.3, -0.25) is 13.9 Å². The van der Waals surface area contributed by atoms with Crippen molar-refractivity contribution in [3.8, 4) is 0 Å². The molecule has 1 N–H and O–H groups in total. The minimum Gasteiger partial charge on any atom is -0.355 e. The summed E-state index contributed by atoms with van der Waals surface area (Å²) in [5, 5.41) is 3.60. The number of carbonyl (C=O) groups is 2. The first-order valence-corrected chi connectivity index (χ1v) is 16.4. The summed E-state index contributed by atoms with van der Waals surface area (Å²) < 4.78 is 29.3. The zero-order chi connectivity index (χ0) is 31.9. The molecule has 0 aliphatic rings. The fraction of sp³-hybridized carbons (Fsp3) is 0.235. The van der Waals surface area contributed by atoms with Crippen molar-refractivity contribution in [1.82, 2.24) is 10.2 Å². The van der Waals surface area contributed by atoms with Gasteiger partial charge in [-0.1, -0.05) is 95.5 Å². The van der Waals surface area contributed by atoms with Crippen LogP contribution in [0.4, 0.5) is 5.69 Å². The molecular weight excluding hydrogens is 617 g/mol. The molecule has 0 unspecified atom stereocenters. The van der Waals surface area contributed by atoms with Crippen LogP contribution in [0, 0.1) is 13.8 Å². The standard InChI is InChI=1S/C34H35Cl2N3O4S/c1-4-37-34(41)32(20-26-11-7-5-8-12-26)38(22-27-16-17-28(35)21-30(27)36)33(40)23-39(31-18-15-24(2)19-25(31)3)44(42,43)29-13-9-6-10-14-29/h5-19,21,32H,4,20,22-23H2,1-3H3,(H,37,41)/t32-/m0/s1. The molecule has 4 rings (SSSR count). The van der Waals surface area contributed by atoms with E-state index in [-0.39, 0.29) is 23.8 Å². The Bertz CT molecular complexity index is 1720. The van der Waals surface area contributed by atoms with Crippen LogP contribution in [0.1, 0.15) is 29.2 Å². The van der Waals surface area contributed by atoms with E-state index in [0.717, 1.165) is 15.4 Å². The van der Waals surface area contributed by atoms with Gasteiger partial charge >= 0.3 is 0 Å². The maximum absolute atomic E-state index is 14.5. The molecule has 4 aromatic rings. The Morgan fingerprint density at radius 3 is 2.14 bits per heavy atom. The number of halogens is 2. The third-order valence-corrected chi connectivity index (χ3v) is 9.57. The second-order valence-corrected chi connectivity index (χ2v) is 13.2. The number of sulfonamides is 1. The Labute approximate surface area is 269 Å². The quantitative estimate of drug-likeness (QED) is 0.187. The second-order valence-electron chi connectivity index (χ2n) is 10.5. The lowest BCUT2D eigenvalue weighted by atomic mass is 10.0. The smallest absolute Gasteiger partial charge is 0.264 e. The number of hydrogen-bond donors (Lipinski definition) is 1. The Morgan fingerprint density at radius 1 is 0.864 bits per heavy atom. The van der Waals surface area contributed by atoms with Crippen LogP contribution in [0.5, 0.6) is 0 Å². The van der Waals surface area contributed by atoms with Crippen molar-refractivity contribution >= 4 is 50.7 Å². The molecule has 0 aliphatic carbocycles. The molecule has 2 amide bonds. The van der Waals surface area contributed by atoms with Gasteiger partial charge in [0.05, 0.1) is 10.6 Å². The normalized spacial score (nSPS) is 11.9. The number of rotatable bonds is 12. The Hall–Kier alpha value is -3.85. The molecule has 4 aromatic carbocycles. The molecule has 7 nitrogen and oxygen atoms in total. The number of benzene rings is 4. The zero-order valence-electron chi connectivity index (χ0n) is 24.8. The summed E-state index contributed by atoms with van der Waals surface area (Å²) in [6.07, 6.45) is 0.207. The van der Waals surface area contributed by atoms with Crippen LogP contribution in [-0.4, -0.2) is 44.3 Å². The lowest BCUT2D eigenvalue weighted by Crippen LogP contribution is -2.53. The first kappa shape index (κ1) is 33.1. The average Bonchev–Trinajstić information content (AvgIpc) is 3.00. The summed E-state index contributed by atoms with van der Waals surface area (Å²) in [6.45, 7) is 5.28. The lowest BCUT2D eigenvalue weighted by Gasteiger charge is -2.34. The maximum atomic E-state index is 14.5. The number of likely N-dealkylation sites (N-methyl/N-ethyl adjacent to an activating group) is 1. The third-order valence-electron chi connectivity index (χ3n) is 7.21. The number of carbonyl (C=O) groups excluding carboxylic acids is 2. The number of hydrogen-bond acceptors (Lipinski definition) is 4. The van der Waals surface area contributed by atoms with E-state index in [2.05, 4.69) is 5.32 Å². The van der Waals surface area contributed by atoms with Gasteiger partial charge in [-0.15, -0.1) is 0 Å². The number of nitrogens with one attached hydrogen (secondary N) is 1. The lowest BCUT2D eigenvalue weighted by molar-refractivity contribution is -0.140. The number of aryl methyl sites for hydroxylation is 2. The van der Waals surface area contributed by atoms with Gasteiger partial charge in [0.1, 0.15) is 12.6 Å². The molecule has 0 spiro atoms. The minimum atomic E-state index is -4.18. The summed E-state index contributed by atoms with van der Waals surface area (Å²) in [5.74, 6) is -0.929. The van der Waals surface area contributed by atoms with Crippen molar-refractivity contribution in [3.05, 3.63) is 129 Å². The van der Waals surface area contributed by atoms with E-state index in [1.165, 1.54) is 17.0 Å². The maximum Gasteiger partial charge on any atom is 0.264 e.